The van der Waals surface area contributed by atoms with Crippen LogP contribution in [0.25, 0.3) is 0 Å². The highest BCUT2D eigenvalue weighted by molar-refractivity contribution is 5.24. The summed E-state index contributed by atoms with van der Waals surface area (Å²) < 4.78 is 17.9. The van der Waals surface area contributed by atoms with Crippen molar-refractivity contribution in [2.45, 2.75) is 70.1 Å². The molecule has 2 fully saturated rings. The van der Waals surface area contributed by atoms with Gasteiger partial charge in [-0.2, -0.15) is 0 Å². The molecule has 17 heavy (non-hydrogen) atoms. The van der Waals surface area contributed by atoms with Crippen LogP contribution in [0.3, 0.4) is 0 Å². The van der Waals surface area contributed by atoms with Gasteiger partial charge >= 0.3 is 0 Å². The van der Waals surface area contributed by atoms with Crippen LogP contribution >= 0.6 is 0 Å². The third kappa shape index (κ3) is 1.85. The minimum atomic E-state index is -0.243. The van der Waals surface area contributed by atoms with Crippen molar-refractivity contribution in [1.82, 2.24) is 0 Å². The zero-order valence-electron chi connectivity index (χ0n) is 11.2. The Morgan fingerprint density at radius 3 is 2.18 bits per heavy atom. The van der Waals surface area contributed by atoms with Gasteiger partial charge < -0.3 is 14.2 Å². The molecule has 0 aromatic rings. The van der Waals surface area contributed by atoms with E-state index in [1.54, 1.807) is 0 Å². The summed E-state index contributed by atoms with van der Waals surface area (Å²) in [5.41, 5.74) is 0.825. The summed E-state index contributed by atoms with van der Waals surface area (Å²) in [6.45, 7) is 9.19. The molecule has 1 aliphatic carbocycles. The first-order valence-corrected chi connectivity index (χ1v) is 6.55. The van der Waals surface area contributed by atoms with E-state index in [2.05, 4.69) is 33.8 Å². The topological polar surface area (TPSA) is 27.7 Å². The van der Waals surface area contributed by atoms with Crippen LogP contribution in [-0.2, 0) is 14.2 Å². The van der Waals surface area contributed by atoms with Gasteiger partial charge in [-0.05, 0) is 58.6 Å². The van der Waals surface area contributed by atoms with Crippen molar-refractivity contribution in [3.8, 4) is 0 Å². The molecule has 3 heteroatoms. The quantitative estimate of drug-likeness (QED) is 0.657. The van der Waals surface area contributed by atoms with Gasteiger partial charge in [0.1, 0.15) is 0 Å². The molecule has 1 spiro atoms. The summed E-state index contributed by atoms with van der Waals surface area (Å²) in [5.74, 6) is 0. The normalized spacial score (nSPS) is 33.8. The zero-order valence-corrected chi connectivity index (χ0v) is 11.2. The van der Waals surface area contributed by atoms with Crippen molar-refractivity contribution in [3.63, 3.8) is 0 Å². The maximum absolute atomic E-state index is 6.08. The summed E-state index contributed by atoms with van der Waals surface area (Å²) in [6, 6.07) is 0. The molecule has 1 saturated carbocycles. The molecule has 3 aliphatic rings. The van der Waals surface area contributed by atoms with Crippen LogP contribution in [0.5, 0.6) is 0 Å². The molecule has 0 bridgehead atoms. The molecule has 3 rings (SSSR count). The number of hydrogen-bond acceptors (Lipinski definition) is 3. The van der Waals surface area contributed by atoms with E-state index < -0.39 is 0 Å². The van der Waals surface area contributed by atoms with Crippen molar-refractivity contribution >= 4 is 0 Å². The van der Waals surface area contributed by atoms with E-state index in [-0.39, 0.29) is 23.1 Å². The van der Waals surface area contributed by atoms with E-state index in [0.717, 1.165) is 25.9 Å². The highest BCUT2D eigenvalue weighted by atomic mass is 16.7. The molecule has 0 aromatic heterocycles. The molecular formula is C14H22O3. The fourth-order valence-corrected chi connectivity index (χ4v) is 2.42. The van der Waals surface area contributed by atoms with Crippen LogP contribution in [0.15, 0.2) is 11.6 Å². The first-order chi connectivity index (χ1) is 7.84. The molecule has 0 aromatic carbocycles. The fourth-order valence-electron chi connectivity index (χ4n) is 2.42. The van der Waals surface area contributed by atoms with Gasteiger partial charge in [-0.25, -0.2) is 0 Å². The summed E-state index contributed by atoms with van der Waals surface area (Å²) in [7, 11) is 0. The lowest BCUT2D eigenvalue weighted by Gasteiger charge is -2.30. The second-order valence-corrected chi connectivity index (χ2v) is 6.47. The highest BCUT2D eigenvalue weighted by Gasteiger charge is 2.52. The summed E-state index contributed by atoms with van der Waals surface area (Å²) in [4.78, 5) is 0. The highest BCUT2D eigenvalue weighted by Crippen LogP contribution is 2.47. The van der Waals surface area contributed by atoms with Crippen molar-refractivity contribution in [3.05, 3.63) is 11.6 Å². The molecular weight excluding hydrogens is 216 g/mol. The van der Waals surface area contributed by atoms with Gasteiger partial charge in [0.2, 0.25) is 0 Å². The van der Waals surface area contributed by atoms with Gasteiger partial charge in [0.25, 0.3) is 0 Å². The third-order valence-corrected chi connectivity index (χ3v) is 4.53. The number of hydrogen-bond donors (Lipinski definition) is 0. The SMILES string of the molecule is CC1(C)OC(C2=CC3(CC3)OCC2)OC1(C)C. The van der Waals surface area contributed by atoms with E-state index >= 15 is 0 Å². The number of rotatable bonds is 1. The molecule has 96 valence electrons. The first kappa shape index (κ1) is 11.7. The Kier molecular flexibility index (Phi) is 2.30. The summed E-state index contributed by atoms with van der Waals surface area (Å²) in [5, 5.41) is 0. The molecule has 0 N–H and O–H groups in total. The predicted molar refractivity (Wildman–Crippen MR) is 64.7 cm³/mol. The van der Waals surface area contributed by atoms with Crippen LogP contribution < -0.4 is 0 Å². The Morgan fingerprint density at radius 2 is 1.65 bits per heavy atom. The van der Waals surface area contributed by atoms with Gasteiger partial charge in [0, 0.05) is 0 Å². The lowest BCUT2D eigenvalue weighted by Crippen LogP contribution is -2.41. The van der Waals surface area contributed by atoms with E-state index in [0.29, 0.717) is 0 Å². The van der Waals surface area contributed by atoms with Crippen LogP contribution in [0.1, 0.15) is 47.0 Å². The van der Waals surface area contributed by atoms with Crippen LogP contribution in [0, 0.1) is 0 Å². The lowest BCUT2D eigenvalue weighted by atomic mass is 9.90. The molecule has 2 heterocycles. The Bertz CT molecular complexity index is 348. The van der Waals surface area contributed by atoms with Crippen molar-refractivity contribution in [1.29, 1.82) is 0 Å². The van der Waals surface area contributed by atoms with Crippen LogP contribution in [0.4, 0.5) is 0 Å². The smallest absolute Gasteiger partial charge is 0.181 e. The van der Waals surface area contributed by atoms with Crippen molar-refractivity contribution < 1.29 is 14.2 Å². The monoisotopic (exact) mass is 238 g/mol. The Balaban J connectivity index is 1.81. The average Bonchev–Trinajstić information content (AvgIpc) is 2.90. The minimum Gasteiger partial charge on any atom is -0.371 e. The predicted octanol–water partition coefficient (Wildman–Crippen LogP) is 2.80. The molecule has 1 saturated heterocycles. The maximum Gasteiger partial charge on any atom is 0.181 e. The third-order valence-electron chi connectivity index (χ3n) is 4.53. The van der Waals surface area contributed by atoms with Gasteiger partial charge in [0.15, 0.2) is 6.29 Å². The van der Waals surface area contributed by atoms with Gasteiger partial charge in [-0.1, -0.05) is 0 Å². The lowest BCUT2D eigenvalue weighted by molar-refractivity contribution is -0.0685. The Labute approximate surface area is 103 Å². The molecule has 2 aliphatic heterocycles. The van der Waals surface area contributed by atoms with E-state index in [4.69, 9.17) is 14.2 Å². The van der Waals surface area contributed by atoms with Gasteiger partial charge in [-0.15, -0.1) is 0 Å². The maximum atomic E-state index is 6.08. The average molecular weight is 238 g/mol. The molecule has 0 unspecified atom stereocenters. The summed E-state index contributed by atoms with van der Waals surface area (Å²) in [6.07, 6.45) is 5.30. The van der Waals surface area contributed by atoms with Crippen LogP contribution in [-0.4, -0.2) is 29.7 Å². The minimum absolute atomic E-state index is 0.0389. The molecule has 0 atom stereocenters. The molecule has 0 amide bonds. The fraction of sp³-hybridized carbons (Fsp3) is 0.857. The zero-order chi connectivity index (χ0) is 12.3. The van der Waals surface area contributed by atoms with Gasteiger partial charge in [0.05, 0.1) is 23.4 Å². The molecule has 3 nitrogen and oxygen atoms in total. The largest absolute Gasteiger partial charge is 0.371 e. The van der Waals surface area contributed by atoms with Gasteiger partial charge in [-0.3, -0.25) is 0 Å². The Hall–Kier alpha value is -0.380. The first-order valence-electron chi connectivity index (χ1n) is 6.55. The van der Waals surface area contributed by atoms with E-state index in [1.807, 2.05) is 0 Å². The second kappa shape index (κ2) is 3.34. The van der Waals surface area contributed by atoms with Crippen molar-refractivity contribution in [2.24, 2.45) is 0 Å². The van der Waals surface area contributed by atoms with Crippen molar-refractivity contribution in [2.75, 3.05) is 6.61 Å². The molecule has 0 radical (unpaired) electrons. The van der Waals surface area contributed by atoms with E-state index in [9.17, 15) is 0 Å². The number of ether oxygens (including phenoxy) is 3. The second-order valence-electron chi connectivity index (χ2n) is 6.47. The standard InChI is InChI=1S/C14H22O3/c1-12(2)13(3,4)17-11(16-12)10-5-8-15-14(9-10)6-7-14/h9,11H,5-8H2,1-4H3. The van der Waals surface area contributed by atoms with E-state index in [1.165, 1.54) is 5.57 Å². The van der Waals surface area contributed by atoms with Crippen LogP contribution in [0.2, 0.25) is 0 Å². The summed E-state index contributed by atoms with van der Waals surface area (Å²) >= 11 is 0. The Morgan fingerprint density at radius 1 is 1.06 bits per heavy atom.